The smallest absolute Gasteiger partial charge is 0.223 e. The Kier molecular flexibility index (Phi) is 3.04. The Labute approximate surface area is 144 Å². The Morgan fingerprint density at radius 3 is 2.75 bits per heavy atom. The number of carbonyl (C=O) groups excluding carboxylic acids is 1. The van der Waals surface area contributed by atoms with E-state index in [1.165, 1.54) is 6.42 Å². The maximum Gasteiger partial charge on any atom is 0.223 e. The van der Waals surface area contributed by atoms with E-state index in [-0.39, 0.29) is 17.9 Å². The molecule has 3 aliphatic rings. The topological polar surface area (TPSA) is 78.0 Å². The van der Waals surface area contributed by atoms with Crippen molar-refractivity contribution in [3.8, 4) is 0 Å². The molecular weight excluding hydrogens is 326 g/mol. The summed E-state index contributed by atoms with van der Waals surface area (Å²) in [4.78, 5) is 12.1. The number of amides is 1. The number of nitrogens with one attached hydrogen (secondary N) is 2. The third-order valence-corrected chi connectivity index (χ3v) is 6.51. The number of aromatic amines is 1. The van der Waals surface area contributed by atoms with E-state index >= 15 is 0 Å². The molecule has 1 aromatic heterocycles. The van der Waals surface area contributed by atoms with E-state index in [0.717, 1.165) is 29.3 Å². The maximum atomic E-state index is 12.1. The molecule has 126 valence electrons. The van der Waals surface area contributed by atoms with E-state index in [9.17, 15) is 9.90 Å². The molecule has 3 saturated carbocycles. The van der Waals surface area contributed by atoms with Crippen LogP contribution in [0.5, 0.6) is 0 Å². The summed E-state index contributed by atoms with van der Waals surface area (Å²) in [5.41, 5.74) is 0.830. The predicted octanol–water partition coefficient (Wildman–Crippen LogP) is 2.73. The van der Waals surface area contributed by atoms with Crippen molar-refractivity contribution >= 4 is 28.4 Å². The van der Waals surface area contributed by atoms with Crippen LogP contribution in [0.4, 0.5) is 0 Å². The van der Waals surface area contributed by atoms with E-state index in [4.69, 9.17) is 11.6 Å². The molecular formula is C18H20ClN3O2. The molecule has 0 bridgehead atoms. The molecule has 0 spiro atoms. The Balaban J connectivity index is 1.34. The largest absolute Gasteiger partial charge is 0.385 e. The highest BCUT2D eigenvalue weighted by atomic mass is 35.5. The Morgan fingerprint density at radius 2 is 2.08 bits per heavy atom. The normalized spacial score (nSPS) is 34.8. The van der Waals surface area contributed by atoms with Crippen molar-refractivity contribution in [2.75, 3.05) is 0 Å². The average Bonchev–Trinajstić information content (AvgIpc) is 2.89. The highest BCUT2D eigenvalue weighted by Gasteiger charge is 2.62. The maximum absolute atomic E-state index is 12.1. The van der Waals surface area contributed by atoms with Crippen LogP contribution >= 0.6 is 11.6 Å². The highest BCUT2D eigenvalue weighted by Crippen LogP contribution is 2.60. The summed E-state index contributed by atoms with van der Waals surface area (Å²) in [5.74, 6) is 1.19. The van der Waals surface area contributed by atoms with Gasteiger partial charge in [-0.2, -0.15) is 5.10 Å². The average molecular weight is 346 g/mol. The third kappa shape index (κ3) is 2.11. The van der Waals surface area contributed by atoms with Crippen molar-refractivity contribution < 1.29 is 9.90 Å². The number of nitrogens with zero attached hydrogens (tertiary/aromatic N) is 1. The van der Waals surface area contributed by atoms with Gasteiger partial charge in [0, 0.05) is 22.4 Å². The zero-order valence-corrected chi connectivity index (χ0v) is 14.0. The van der Waals surface area contributed by atoms with Crippen LogP contribution in [-0.2, 0) is 10.4 Å². The van der Waals surface area contributed by atoms with Gasteiger partial charge in [0.25, 0.3) is 0 Å². The Hall–Kier alpha value is -1.59. The van der Waals surface area contributed by atoms with Crippen molar-refractivity contribution in [1.82, 2.24) is 15.5 Å². The zero-order chi connectivity index (χ0) is 16.5. The lowest BCUT2D eigenvalue weighted by molar-refractivity contribution is -0.127. The van der Waals surface area contributed by atoms with Gasteiger partial charge in [0.1, 0.15) is 0 Å². The molecule has 6 heteroatoms. The van der Waals surface area contributed by atoms with Gasteiger partial charge < -0.3 is 10.4 Å². The molecule has 2 aromatic rings. The second-order valence-electron chi connectivity index (χ2n) is 7.71. The van der Waals surface area contributed by atoms with E-state index in [2.05, 4.69) is 15.5 Å². The van der Waals surface area contributed by atoms with Gasteiger partial charge in [0.2, 0.25) is 5.91 Å². The van der Waals surface area contributed by atoms with Gasteiger partial charge in [0.15, 0.2) is 0 Å². The van der Waals surface area contributed by atoms with Crippen molar-refractivity contribution in [3.63, 3.8) is 0 Å². The zero-order valence-electron chi connectivity index (χ0n) is 13.3. The third-order valence-electron chi connectivity index (χ3n) is 6.29. The fourth-order valence-corrected chi connectivity index (χ4v) is 4.87. The van der Waals surface area contributed by atoms with Crippen LogP contribution in [0.2, 0.25) is 5.02 Å². The number of H-pyrrole nitrogens is 1. The first kappa shape index (κ1) is 14.7. The number of rotatable bonds is 3. The number of fused-ring (bicyclic) bond motifs is 2. The van der Waals surface area contributed by atoms with Gasteiger partial charge in [-0.25, -0.2) is 0 Å². The number of aromatic nitrogens is 2. The number of hydrogen-bond acceptors (Lipinski definition) is 3. The molecule has 3 N–H and O–H groups in total. The first-order chi connectivity index (χ1) is 11.5. The summed E-state index contributed by atoms with van der Waals surface area (Å²) in [6.45, 7) is 0. The SMILES string of the molecule is O=C(N[C@@H]1[C@@H]2C[C@@](O)(c3cc(Cl)cc4[nH]ncc34)C[C@@H]21)C1CCC1. The van der Waals surface area contributed by atoms with Crippen LogP contribution in [0, 0.1) is 17.8 Å². The number of halogens is 1. The minimum atomic E-state index is -0.875. The summed E-state index contributed by atoms with van der Waals surface area (Å²) >= 11 is 6.21. The summed E-state index contributed by atoms with van der Waals surface area (Å²) in [6.07, 6.45) is 6.32. The molecule has 24 heavy (non-hydrogen) atoms. The molecule has 1 heterocycles. The fraction of sp³-hybridized carbons (Fsp3) is 0.556. The Bertz CT molecular complexity index is 817. The first-order valence-corrected chi connectivity index (χ1v) is 9.09. The fourth-order valence-electron chi connectivity index (χ4n) is 4.65. The van der Waals surface area contributed by atoms with Crippen molar-refractivity contribution in [2.24, 2.45) is 17.8 Å². The summed E-state index contributed by atoms with van der Waals surface area (Å²) in [7, 11) is 0. The number of aliphatic hydroxyl groups is 1. The standard InChI is InChI=1S/C18H20ClN3O2/c19-10-4-14(13-8-20-22-15(13)5-10)18(24)6-11-12(7-18)16(11)21-17(23)9-2-1-3-9/h4-5,8-9,11-12,16,24H,1-3,6-7H2,(H,20,22)(H,21,23)/t11-,12+,16-,18+. The predicted molar refractivity (Wildman–Crippen MR) is 90.5 cm³/mol. The van der Waals surface area contributed by atoms with Crippen molar-refractivity contribution in [2.45, 2.75) is 43.7 Å². The molecule has 0 saturated heterocycles. The van der Waals surface area contributed by atoms with Gasteiger partial charge in [0.05, 0.1) is 17.3 Å². The molecule has 1 aromatic carbocycles. The van der Waals surface area contributed by atoms with Crippen molar-refractivity contribution in [1.29, 1.82) is 0 Å². The van der Waals surface area contributed by atoms with Crippen molar-refractivity contribution in [3.05, 3.63) is 28.9 Å². The summed E-state index contributed by atoms with van der Waals surface area (Å²) < 4.78 is 0. The summed E-state index contributed by atoms with van der Waals surface area (Å²) in [6, 6.07) is 3.93. The van der Waals surface area contributed by atoms with Crippen LogP contribution in [-0.4, -0.2) is 27.3 Å². The van der Waals surface area contributed by atoms with E-state index < -0.39 is 5.60 Å². The van der Waals surface area contributed by atoms with Crippen LogP contribution < -0.4 is 5.32 Å². The molecule has 0 radical (unpaired) electrons. The molecule has 0 aliphatic heterocycles. The highest BCUT2D eigenvalue weighted by molar-refractivity contribution is 6.31. The lowest BCUT2D eigenvalue weighted by Gasteiger charge is -2.29. The lowest BCUT2D eigenvalue weighted by Crippen LogP contribution is -2.39. The molecule has 3 aliphatic carbocycles. The quantitative estimate of drug-likeness (QED) is 0.800. The summed E-state index contributed by atoms with van der Waals surface area (Å²) in [5, 5.41) is 22.9. The van der Waals surface area contributed by atoms with Gasteiger partial charge in [-0.3, -0.25) is 9.89 Å². The molecule has 1 amide bonds. The molecule has 3 fully saturated rings. The minimum absolute atomic E-state index is 0.212. The van der Waals surface area contributed by atoms with Crippen LogP contribution in [0.25, 0.3) is 10.9 Å². The number of carbonyl (C=O) groups is 1. The Morgan fingerprint density at radius 1 is 1.33 bits per heavy atom. The number of benzene rings is 1. The molecule has 5 rings (SSSR count). The van der Waals surface area contributed by atoms with E-state index in [1.54, 1.807) is 6.20 Å². The minimum Gasteiger partial charge on any atom is -0.385 e. The first-order valence-electron chi connectivity index (χ1n) is 8.71. The van der Waals surface area contributed by atoms with Gasteiger partial charge in [-0.1, -0.05) is 18.0 Å². The molecule has 5 nitrogen and oxygen atoms in total. The van der Waals surface area contributed by atoms with Gasteiger partial charge in [-0.05, 0) is 55.2 Å². The van der Waals surface area contributed by atoms with E-state index in [0.29, 0.717) is 29.7 Å². The van der Waals surface area contributed by atoms with Crippen LogP contribution in [0.15, 0.2) is 18.3 Å². The van der Waals surface area contributed by atoms with Gasteiger partial charge >= 0.3 is 0 Å². The number of hydrogen-bond donors (Lipinski definition) is 3. The van der Waals surface area contributed by atoms with Crippen LogP contribution in [0.1, 0.15) is 37.7 Å². The monoisotopic (exact) mass is 345 g/mol. The molecule has 0 unspecified atom stereocenters. The molecule has 4 atom stereocenters. The van der Waals surface area contributed by atoms with Gasteiger partial charge in [-0.15, -0.1) is 0 Å². The van der Waals surface area contributed by atoms with Crippen LogP contribution in [0.3, 0.4) is 0 Å². The van der Waals surface area contributed by atoms with E-state index in [1.807, 2.05) is 12.1 Å². The lowest BCUT2D eigenvalue weighted by atomic mass is 9.84. The second kappa shape index (κ2) is 4.96. The second-order valence-corrected chi connectivity index (χ2v) is 8.15.